The van der Waals surface area contributed by atoms with Gasteiger partial charge in [-0.3, -0.25) is 4.98 Å². The van der Waals surface area contributed by atoms with Gasteiger partial charge in [0.25, 0.3) is 0 Å². The maximum absolute atomic E-state index is 7.04. The van der Waals surface area contributed by atoms with E-state index in [9.17, 15) is 0 Å². The Morgan fingerprint density at radius 1 is 0.926 bits per heavy atom. The average Bonchev–Trinajstić information content (AvgIpc) is 2.70. The van der Waals surface area contributed by atoms with Gasteiger partial charge in [0.15, 0.2) is 0 Å². The maximum Gasteiger partial charge on any atom is 0.0406 e. The van der Waals surface area contributed by atoms with E-state index in [1.54, 1.807) is 12.2 Å². The summed E-state index contributed by atoms with van der Waals surface area (Å²) in [6, 6.07) is 6.16. The van der Waals surface area contributed by atoms with Gasteiger partial charge in [-0.05, 0) is 61.3 Å². The van der Waals surface area contributed by atoms with Crippen molar-refractivity contribution in [3.05, 3.63) is 78.7 Å². The third-order valence-electron chi connectivity index (χ3n) is 4.89. The zero-order valence-electron chi connectivity index (χ0n) is 16.6. The predicted octanol–water partition coefficient (Wildman–Crippen LogP) is 6.21. The molecule has 3 atom stereocenters. The van der Waals surface area contributed by atoms with E-state index in [0.29, 0.717) is 17.8 Å². The molecule has 0 saturated carbocycles. The summed E-state index contributed by atoms with van der Waals surface area (Å²) >= 11 is 0. The van der Waals surface area contributed by atoms with Gasteiger partial charge < -0.3 is 10.8 Å². The zero-order valence-corrected chi connectivity index (χ0v) is 16.6. The molecule has 3 heteroatoms. The summed E-state index contributed by atoms with van der Waals surface area (Å²) in [5, 5.41) is 14.1. The van der Waals surface area contributed by atoms with Crippen LogP contribution in [0, 0.1) is 28.6 Å². The minimum Gasteiger partial charge on any atom is -0.309 e. The van der Waals surface area contributed by atoms with Gasteiger partial charge in [-0.15, -0.1) is 0 Å². The van der Waals surface area contributed by atoms with Crippen molar-refractivity contribution in [2.45, 2.75) is 39.5 Å². The maximum atomic E-state index is 7.04. The van der Waals surface area contributed by atoms with Crippen LogP contribution in [0.2, 0.25) is 0 Å². The molecule has 0 fully saturated rings. The summed E-state index contributed by atoms with van der Waals surface area (Å²) in [6.45, 7) is 4.60. The Kier molecular flexibility index (Phi) is 12.2. The van der Waals surface area contributed by atoms with E-state index >= 15 is 0 Å². The molecule has 1 aromatic heterocycles. The summed E-state index contributed by atoms with van der Waals surface area (Å²) in [7, 11) is 0. The molecule has 0 aliphatic heterocycles. The predicted molar refractivity (Wildman–Crippen MR) is 118 cm³/mol. The molecule has 0 spiro atoms. The van der Waals surface area contributed by atoms with E-state index in [4.69, 9.17) is 10.8 Å². The lowest BCUT2D eigenvalue weighted by Crippen LogP contribution is -2.24. The first-order chi connectivity index (χ1) is 13.2. The minimum atomic E-state index is 0.548. The fraction of sp³-hybridized carbons (Fsp3) is 0.375. The van der Waals surface area contributed by atoms with E-state index in [-0.39, 0.29) is 0 Å². The van der Waals surface area contributed by atoms with Crippen molar-refractivity contribution in [1.29, 1.82) is 10.8 Å². The number of aromatic nitrogens is 1. The molecule has 3 nitrogen and oxygen atoms in total. The van der Waals surface area contributed by atoms with Gasteiger partial charge in [0, 0.05) is 24.3 Å². The van der Waals surface area contributed by atoms with Gasteiger partial charge in [0.05, 0.1) is 0 Å². The van der Waals surface area contributed by atoms with Crippen LogP contribution in [0.25, 0.3) is 0 Å². The second-order valence-corrected chi connectivity index (χ2v) is 6.77. The Balaban J connectivity index is 2.86. The van der Waals surface area contributed by atoms with Gasteiger partial charge >= 0.3 is 0 Å². The van der Waals surface area contributed by atoms with Gasteiger partial charge in [-0.25, -0.2) is 0 Å². The van der Waals surface area contributed by atoms with Gasteiger partial charge in [-0.1, -0.05) is 62.8 Å². The Morgan fingerprint density at radius 2 is 1.59 bits per heavy atom. The van der Waals surface area contributed by atoms with Crippen molar-refractivity contribution in [3.63, 3.8) is 0 Å². The van der Waals surface area contributed by atoms with Crippen molar-refractivity contribution in [3.8, 4) is 0 Å². The minimum absolute atomic E-state index is 0.548. The number of hydrogen-bond acceptors (Lipinski definition) is 3. The highest BCUT2D eigenvalue weighted by molar-refractivity contribution is 5.68. The zero-order chi connectivity index (χ0) is 19.7. The lowest BCUT2D eigenvalue weighted by atomic mass is 9.75. The van der Waals surface area contributed by atoms with Crippen LogP contribution in [0.1, 0.15) is 38.8 Å². The summed E-state index contributed by atoms with van der Waals surface area (Å²) in [6.07, 6.45) is 24.4. The van der Waals surface area contributed by atoms with E-state index in [1.807, 2.05) is 36.6 Å². The van der Waals surface area contributed by atoms with Crippen LogP contribution in [-0.2, 0) is 6.42 Å². The summed E-state index contributed by atoms with van der Waals surface area (Å²) in [4.78, 5) is 4.55. The standard InChI is InChI=1S/C24H33N3/c1-3-22(15-9-5-7-12-18-26)24(20-23-16-10-13-19-27-23)21(2)14-8-4-6-11-17-25/h4-13,16-19,21-22,24-26H,3,14-15,20H2,1-2H3/b8-4+,9-5+,11-6-,12-7-,25-17?,26-18?. The first-order valence-electron chi connectivity index (χ1n) is 9.77. The van der Waals surface area contributed by atoms with Crippen LogP contribution in [0.15, 0.2) is 73.0 Å². The van der Waals surface area contributed by atoms with Crippen molar-refractivity contribution in [2.75, 3.05) is 0 Å². The molecular weight excluding hydrogens is 330 g/mol. The van der Waals surface area contributed by atoms with Gasteiger partial charge in [0.1, 0.15) is 0 Å². The molecular formula is C24H33N3. The van der Waals surface area contributed by atoms with E-state index in [0.717, 1.165) is 31.4 Å². The van der Waals surface area contributed by atoms with Crippen molar-refractivity contribution < 1.29 is 0 Å². The second kappa shape index (κ2) is 14.6. The fourth-order valence-electron chi connectivity index (χ4n) is 3.35. The molecule has 1 rings (SSSR count). The van der Waals surface area contributed by atoms with E-state index in [2.05, 4.69) is 43.1 Å². The smallest absolute Gasteiger partial charge is 0.0406 e. The monoisotopic (exact) mass is 363 g/mol. The highest BCUT2D eigenvalue weighted by Gasteiger charge is 2.25. The van der Waals surface area contributed by atoms with E-state index < -0.39 is 0 Å². The van der Waals surface area contributed by atoms with Gasteiger partial charge in [0.2, 0.25) is 0 Å². The summed E-state index contributed by atoms with van der Waals surface area (Å²) < 4.78 is 0. The molecule has 2 N–H and O–H groups in total. The molecule has 0 radical (unpaired) electrons. The highest BCUT2D eigenvalue weighted by atomic mass is 14.7. The third-order valence-corrected chi connectivity index (χ3v) is 4.89. The van der Waals surface area contributed by atoms with Crippen LogP contribution in [-0.4, -0.2) is 17.4 Å². The highest BCUT2D eigenvalue weighted by Crippen LogP contribution is 2.32. The molecule has 0 aliphatic rings. The van der Waals surface area contributed by atoms with Crippen molar-refractivity contribution >= 4 is 12.4 Å². The lowest BCUT2D eigenvalue weighted by molar-refractivity contribution is 0.231. The number of allylic oxidation sites excluding steroid dienone is 8. The third kappa shape index (κ3) is 9.64. The van der Waals surface area contributed by atoms with Crippen LogP contribution in [0.3, 0.4) is 0 Å². The summed E-state index contributed by atoms with van der Waals surface area (Å²) in [5.41, 5.74) is 1.16. The number of hydrogen-bond donors (Lipinski definition) is 2. The molecule has 1 heterocycles. The van der Waals surface area contributed by atoms with Gasteiger partial charge in [-0.2, -0.15) is 0 Å². The Hall–Kier alpha value is -2.55. The topological polar surface area (TPSA) is 60.6 Å². The molecule has 1 aromatic rings. The largest absolute Gasteiger partial charge is 0.309 e. The van der Waals surface area contributed by atoms with Crippen LogP contribution in [0.4, 0.5) is 0 Å². The van der Waals surface area contributed by atoms with Crippen molar-refractivity contribution in [1.82, 2.24) is 4.98 Å². The van der Waals surface area contributed by atoms with Crippen LogP contribution in [0.5, 0.6) is 0 Å². The Labute approximate surface area is 164 Å². The molecule has 27 heavy (non-hydrogen) atoms. The molecule has 0 bridgehead atoms. The van der Waals surface area contributed by atoms with Crippen molar-refractivity contribution in [2.24, 2.45) is 17.8 Å². The number of nitrogens with one attached hydrogen (secondary N) is 2. The summed E-state index contributed by atoms with van der Waals surface area (Å²) in [5.74, 6) is 1.70. The number of nitrogens with zero attached hydrogens (tertiary/aromatic N) is 1. The number of rotatable bonds is 13. The molecule has 3 unspecified atom stereocenters. The first-order valence-corrected chi connectivity index (χ1v) is 9.77. The quantitative estimate of drug-likeness (QED) is 0.318. The molecule has 144 valence electrons. The Morgan fingerprint density at radius 3 is 2.15 bits per heavy atom. The Bertz CT molecular complexity index is 641. The lowest BCUT2D eigenvalue weighted by Gasteiger charge is -2.30. The normalized spacial score (nSPS) is 15.6. The second-order valence-electron chi connectivity index (χ2n) is 6.77. The fourth-order valence-corrected chi connectivity index (χ4v) is 3.35. The van der Waals surface area contributed by atoms with Crippen LogP contribution >= 0.6 is 0 Å². The average molecular weight is 364 g/mol. The molecule has 0 aromatic carbocycles. The van der Waals surface area contributed by atoms with E-state index in [1.165, 1.54) is 12.4 Å². The molecule has 0 saturated heterocycles. The SMILES string of the molecule is CCC(C/C=C/C=C\C=N)C(Cc1ccccn1)C(C)C/C=C/C=C\C=N. The number of pyridine rings is 1. The molecule has 0 amide bonds. The first kappa shape index (κ1) is 22.5. The molecule has 0 aliphatic carbocycles. The van der Waals surface area contributed by atoms with Crippen LogP contribution < -0.4 is 0 Å².